The van der Waals surface area contributed by atoms with Gasteiger partial charge in [0.05, 0.1) is 18.9 Å². The lowest BCUT2D eigenvalue weighted by atomic mass is 10.3. The fourth-order valence-electron chi connectivity index (χ4n) is 1.00. The van der Waals surface area contributed by atoms with Gasteiger partial charge in [0.2, 0.25) is 0 Å². The molecule has 1 N–H and O–H groups in total. The maximum absolute atomic E-state index is 11.1. The minimum absolute atomic E-state index is 0.104. The van der Waals surface area contributed by atoms with Crippen LogP contribution in [-0.2, 0) is 9.53 Å². The van der Waals surface area contributed by atoms with E-state index in [1.807, 2.05) is 13.8 Å². The molecule has 0 atom stereocenters. The Labute approximate surface area is 79.4 Å². The van der Waals surface area contributed by atoms with Crippen LogP contribution in [0.2, 0.25) is 0 Å². The Kier molecular flexibility index (Phi) is 6.14. The number of carbonyl (C=O) groups excluding carboxylic acids is 1. The van der Waals surface area contributed by atoms with Crippen LogP contribution < -0.4 is 0 Å². The Hall–Kier alpha value is -0.900. The molecule has 0 unspecified atom stereocenters. The molecule has 1 amide bonds. The van der Waals surface area contributed by atoms with E-state index in [-0.39, 0.29) is 11.6 Å². The molecule has 1 rings (SSSR count). The molecule has 0 aromatic rings. The smallest absolute Gasteiger partial charge is 0.267 e. The van der Waals surface area contributed by atoms with Crippen molar-refractivity contribution >= 4 is 11.6 Å². The van der Waals surface area contributed by atoms with Crippen LogP contribution in [0.4, 0.5) is 0 Å². The number of hydrogen-bond acceptors (Lipinski definition) is 3. The average Bonchev–Trinajstić information content (AvgIpc) is 2.21. The number of nitrogens with zero attached hydrogens (tertiary/aromatic N) is 1. The number of hydrogen-bond donors (Lipinski definition) is 1. The summed E-state index contributed by atoms with van der Waals surface area (Å²) in [6, 6.07) is 0. The minimum Gasteiger partial charge on any atom is -0.378 e. The molecular formula is C9H18N2O2. The summed E-state index contributed by atoms with van der Waals surface area (Å²) in [7, 11) is 0. The molecule has 4 heteroatoms. The van der Waals surface area contributed by atoms with Gasteiger partial charge >= 0.3 is 0 Å². The molecule has 0 aliphatic carbocycles. The van der Waals surface area contributed by atoms with Crippen molar-refractivity contribution in [3.05, 3.63) is 0 Å². The molecular weight excluding hydrogens is 168 g/mol. The lowest BCUT2D eigenvalue weighted by Gasteiger charge is -2.26. The Bertz CT molecular complexity index is 174. The van der Waals surface area contributed by atoms with Crippen LogP contribution in [0, 0.1) is 5.41 Å². The van der Waals surface area contributed by atoms with E-state index < -0.39 is 0 Å². The zero-order valence-corrected chi connectivity index (χ0v) is 8.59. The summed E-state index contributed by atoms with van der Waals surface area (Å²) < 4.78 is 5.07. The van der Waals surface area contributed by atoms with Crippen molar-refractivity contribution in [3.8, 4) is 0 Å². The summed E-state index contributed by atoms with van der Waals surface area (Å²) >= 11 is 0. The first-order chi connectivity index (χ1) is 6.22. The lowest BCUT2D eigenvalue weighted by molar-refractivity contribution is -0.128. The van der Waals surface area contributed by atoms with Crippen molar-refractivity contribution in [2.24, 2.45) is 0 Å². The Morgan fingerprint density at radius 3 is 2.15 bits per heavy atom. The SMILES string of the molecule is CC.CC(=N)C(=O)N1CCOCC1. The van der Waals surface area contributed by atoms with Gasteiger partial charge in [-0.3, -0.25) is 10.2 Å². The summed E-state index contributed by atoms with van der Waals surface area (Å²) in [4.78, 5) is 12.8. The third kappa shape index (κ3) is 4.03. The van der Waals surface area contributed by atoms with Crippen molar-refractivity contribution < 1.29 is 9.53 Å². The third-order valence-electron chi connectivity index (χ3n) is 1.62. The first-order valence-electron chi connectivity index (χ1n) is 4.64. The molecule has 0 radical (unpaired) electrons. The van der Waals surface area contributed by atoms with E-state index in [0.29, 0.717) is 26.3 Å². The molecule has 1 aliphatic rings. The normalized spacial score (nSPS) is 15.8. The van der Waals surface area contributed by atoms with Crippen molar-refractivity contribution in [1.82, 2.24) is 4.90 Å². The maximum Gasteiger partial charge on any atom is 0.267 e. The molecule has 1 fully saturated rings. The molecule has 1 heterocycles. The molecule has 76 valence electrons. The summed E-state index contributed by atoms with van der Waals surface area (Å²) in [5.41, 5.74) is 0.104. The zero-order chi connectivity index (χ0) is 10.3. The van der Waals surface area contributed by atoms with Crippen LogP contribution in [0.25, 0.3) is 0 Å². The molecule has 0 aromatic heterocycles. The standard InChI is InChI=1S/C7H12N2O2.C2H6/c1-6(8)7(10)9-2-4-11-5-3-9;1-2/h8H,2-5H2,1H3;1-2H3. The van der Waals surface area contributed by atoms with Crippen molar-refractivity contribution in [2.45, 2.75) is 20.8 Å². The number of carbonyl (C=O) groups is 1. The van der Waals surface area contributed by atoms with Gasteiger partial charge < -0.3 is 9.64 Å². The number of rotatable bonds is 1. The molecule has 0 saturated carbocycles. The molecule has 1 saturated heterocycles. The third-order valence-corrected chi connectivity index (χ3v) is 1.62. The highest BCUT2D eigenvalue weighted by Gasteiger charge is 2.17. The fourth-order valence-corrected chi connectivity index (χ4v) is 1.00. The monoisotopic (exact) mass is 186 g/mol. The predicted octanol–water partition coefficient (Wildman–Crippen LogP) is 0.911. The largest absolute Gasteiger partial charge is 0.378 e. The van der Waals surface area contributed by atoms with Gasteiger partial charge in [0, 0.05) is 13.1 Å². The van der Waals surface area contributed by atoms with Gasteiger partial charge in [-0.1, -0.05) is 13.8 Å². The molecule has 1 aliphatic heterocycles. The van der Waals surface area contributed by atoms with Gasteiger partial charge in [-0.2, -0.15) is 0 Å². The summed E-state index contributed by atoms with van der Waals surface area (Å²) in [6.45, 7) is 7.94. The molecule has 0 bridgehead atoms. The molecule has 0 aromatic carbocycles. The van der Waals surface area contributed by atoms with E-state index in [0.717, 1.165) is 0 Å². The number of amides is 1. The number of morpholine rings is 1. The summed E-state index contributed by atoms with van der Waals surface area (Å²) in [5, 5.41) is 7.10. The first kappa shape index (κ1) is 12.1. The first-order valence-corrected chi connectivity index (χ1v) is 4.64. The van der Waals surface area contributed by atoms with Gasteiger partial charge in [-0.15, -0.1) is 0 Å². The van der Waals surface area contributed by atoms with Crippen LogP contribution in [-0.4, -0.2) is 42.8 Å². The second-order valence-electron chi connectivity index (χ2n) is 2.53. The van der Waals surface area contributed by atoms with E-state index in [1.165, 1.54) is 6.92 Å². The second kappa shape index (κ2) is 6.60. The Morgan fingerprint density at radius 2 is 1.77 bits per heavy atom. The highest BCUT2D eigenvalue weighted by molar-refractivity contribution is 6.36. The van der Waals surface area contributed by atoms with Gasteiger partial charge in [-0.25, -0.2) is 0 Å². The van der Waals surface area contributed by atoms with E-state index in [9.17, 15) is 4.79 Å². The molecule has 13 heavy (non-hydrogen) atoms. The quantitative estimate of drug-likeness (QED) is 0.619. The summed E-state index contributed by atoms with van der Waals surface area (Å²) in [5.74, 6) is -0.173. The highest BCUT2D eigenvalue weighted by Crippen LogP contribution is 1.97. The van der Waals surface area contributed by atoms with Gasteiger partial charge in [0.25, 0.3) is 5.91 Å². The van der Waals surface area contributed by atoms with Crippen LogP contribution in [0.1, 0.15) is 20.8 Å². The van der Waals surface area contributed by atoms with Crippen LogP contribution in [0.5, 0.6) is 0 Å². The Balaban J connectivity index is 0.000000671. The summed E-state index contributed by atoms with van der Waals surface area (Å²) in [6.07, 6.45) is 0. The second-order valence-corrected chi connectivity index (χ2v) is 2.53. The number of nitrogens with one attached hydrogen (secondary N) is 1. The highest BCUT2D eigenvalue weighted by atomic mass is 16.5. The number of ether oxygens (including phenoxy) is 1. The maximum atomic E-state index is 11.1. The van der Waals surface area contributed by atoms with Crippen LogP contribution in [0.15, 0.2) is 0 Å². The Morgan fingerprint density at radius 1 is 1.31 bits per heavy atom. The van der Waals surface area contributed by atoms with Crippen LogP contribution in [0.3, 0.4) is 0 Å². The van der Waals surface area contributed by atoms with E-state index in [2.05, 4.69) is 0 Å². The molecule has 4 nitrogen and oxygen atoms in total. The van der Waals surface area contributed by atoms with E-state index in [1.54, 1.807) is 4.90 Å². The molecule has 0 spiro atoms. The minimum atomic E-state index is -0.173. The van der Waals surface area contributed by atoms with Crippen molar-refractivity contribution in [3.63, 3.8) is 0 Å². The van der Waals surface area contributed by atoms with E-state index >= 15 is 0 Å². The lowest BCUT2D eigenvalue weighted by Crippen LogP contribution is -2.43. The van der Waals surface area contributed by atoms with Crippen molar-refractivity contribution in [1.29, 1.82) is 5.41 Å². The van der Waals surface area contributed by atoms with Crippen LogP contribution >= 0.6 is 0 Å². The topological polar surface area (TPSA) is 53.4 Å². The van der Waals surface area contributed by atoms with Gasteiger partial charge in [-0.05, 0) is 6.92 Å². The van der Waals surface area contributed by atoms with Crippen molar-refractivity contribution in [2.75, 3.05) is 26.3 Å². The zero-order valence-electron chi connectivity index (χ0n) is 8.59. The van der Waals surface area contributed by atoms with E-state index in [4.69, 9.17) is 10.1 Å². The average molecular weight is 186 g/mol. The van der Waals surface area contributed by atoms with Gasteiger partial charge in [0.1, 0.15) is 0 Å². The van der Waals surface area contributed by atoms with Gasteiger partial charge in [0.15, 0.2) is 0 Å². The fraction of sp³-hybridized carbons (Fsp3) is 0.778. The predicted molar refractivity (Wildman–Crippen MR) is 52.1 cm³/mol.